The molecule has 2 unspecified atom stereocenters. The van der Waals surface area contributed by atoms with E-state index in [1.165, 1.54) is 51.0 Å². The van der Waals surface area contributed by atoms with Crippen LogP contribution in [0.15, 0.2) is 188 Å². The van der Waals surface area contributed by atoms with Gasteiger partial charge in [-0.25, -0.2) is 0 Å². The average Bonchev–Trinajstić information content (AvgIpc) is 3.14. The summed E-state index contributed by atoms with van der Waals surface area (Å²) in [5, 5.41) is 2.47. The first kappa shape index (κ1) is 27.9. The largest absolute Gasteiger partial charge is 0.334 e. The van der Waals surface area contributed by atoms with Gasteiger partial charge in [-0.15, -0.1) is 0 Å². The van der Waals surface area contributed by atoms with Gasteiger partial charge in [-0.2, -0.15) is 0 Å². The van der Waals surface area contributed by atoms with Crippen molar-refractivity contribution < 1.29 is 0 Å². The minimum absolute atomic E-state index is 0.274. The van der Waals surface area contributed by atoms with Crippen LogP contribution in [0.4, 0.5) is 28.4 Å². The fraction of sp³-hybridized carbons (Fsp3) is 0.0909. The zero-order valence-electron chi connectivity index (χ0n) is 25.8. The maximum absolute atomic E-state index is 2.52. The summed E-state index contributed by atoms with van der Waals surface area (Å²) in [6.07, 6.45) is 13.8. The number of benzene rings is 6. The van der Waals surface area contributed by atoms with Gasteiger partial charge < -0.3 is 9.80 Å². The first-order valence-corrected chi connectivity index (χ1v) is 16.3. The van der Waals surface area contributed by atoms with Crippen LogP contribution in [0.1, 0.15) is 12.8 Å². The number of nitrogens with zero attached hydrogens (tertiary/aromatic N) is 2. The van der Waals surface area contributed by atoms with E-state index in [1.807, 2.05) is 0 Å². The zero-order valence-corrected chi connectivity index (χ0v) is 25.8. The molecule has 0 saturated carbocycles. The van der Waals surface area contributed by atoms with E-state index in [-0.39, 0.29) is 6.04 Å². The third-order valence-electron chi connectivity index (χ3n) is 9.35. The van der Waals surface area contributed by atoms with Crippen molar-refractivity contribution >= 4 is 39.2 Å². The molecular weight excluding hydrogens is 556 g/mol. The minimum Gasteiger partial charge on any atom is -0.334 e. The molecule has 222 valence electrons. The van der Waals surface area contributed by atoms with E-state index in [4.69, 9.17) is 0 Å². The van der Waals surface area contributed by atoms with Crippen molar-refractivity contribution in [3.63, 3.8) is 0 Å². The van der Waals surface area contributed by atoms with Crippen molar-refractivity contribution in [1.29, 1.82) is 0 Å². The van der Waals surface area contributed by atoms with Crippen molar-refractivity contribution in [1.82, 2.24) is 0 Å². The first-order valence-electron chi connectivity index (χ1n) is 16.3. The van der Waals surface area contributed by atoms with Crippen LogP contribution >= 0.6 is 0 Å². The van der Waals surface area contributed by atoms with E-state index in [9.17, 15) is 0 Å². The lowest BCUT2D eigenvalue weighted by Crippen LogP contribution is -2.38. The normalized spacial score (nSPS) is 16.9. The monoisotopic (exact) mass is 592 g/mol. The van der Waals surface area contributed by atoms with E-state index < -0.39 is 0 Å². The Labute approximate surface area is 271 Å². The third kappa shape index (κ3) is 5.33. The molecule has 2 aliphatic rings. The van der Waals surface area contributed by atoms with Crippen LogP contribution in [-0.4, -0.2) is 6.04 Å². The smallest absolute Gasteiger partial charge is 0.0594 e. The Morgan fingerprint density at radius 1 is 0.522 bits per heavy atom. The third-order valence-corrected chi connectivity index (χ3v) is 9.35. The summed E-state index contributed by atoms with van der Waals surface area (Å²) in [7, 11) is 0. The van der Waals surface area contributed by atoms with Crippen LogP contribution in [0.5, 0.6) is 0 Å². The molecule has 2 heteroatoms. The summed E-state index contributed by atoms with van der Waals surface area (Å²) >= 11 is 0. The molecule has 2 aliphatic carbocycles. The Hall–Kier alpha value is -5.60. The van der Waals surface area contributed by atoms with E-state index in [0.717, 1.165) is 17.8 Å². The molecule has 0 N–H and O–H groups in total. The first-order chi connectivity index (χ1) is 22.8. The van der Waals surface area contributed by atoms with Gasteiger partial charge in [0.05, 0.1) is 11.7 Å². The lowest BCUT2D eigenvalue weighted by atomic mass is 9.79. The summed E-state index contributed by atoms with van der Waals surface area (Å²) in [6.45, 7) is 0. The van der Waals surface area contributed by atoms with Gasteiger partial charge in [-0.05, 0) is 89.5 Å². The molecule has 2 atom stereocenters. The summed E-state index contributed by atoms with van der Waals surface area (Å²) in [5.74, 6) is 0.483. The number of hydrogen-bond acceptors (Lipinski definition) is 2. The maximum atomic E-state index is 2.52. The average molecular weight is 593 g/mol. The Morgan fingerprint density at radius 2 is 1.11 bits per heavy atom. The van der Waals surface area contributed by atoms with Gasteiger partial charge >= 0.3 is 0 Å². The van der Waals surface area contributed by atoms with Gasteiger partial charge in [0, 0.05) is 34.1 Å². The molecule has 8 rings (SSSR count). The van der Waals surface area contributed by atoms with Crippen molar-refractivity contribution in [3.8, 4) is 11.1 Å². The Balaban J connectivity index is 1.12. The van der Waals surface area contributed by atoms with Crippen LogP contribution in [0.25, 0.3) is 21.9 Å². The highest BCUT2D eigenvalue weighted by molar-refractivity contribution is 5.99. The molecule has 6 aromatic carbocycles. The van der Waals surface area contributed by atoms with Crippen LogP contribution in [0.2, 0.25) is 0 Å². The standard InChI is InChI=1S/C44H36N2/c1-3-17-37(18-4-1)45(43-23-11-15-35-13-7-9-21-41(35)43)39-29-25-33(26-30-39)34-27-31-40(32-28-34)46(38-19-5-2-6-20-38)44-24-12-16-36-14-8-10-22-42(36)44/h1-9,11-21,23-32,42,44H,10,22H2. The lowest BCUT2D eigenvalue weighted by molar-refractivity contribution is 0.496. The van der Waals surface area contributed by atoms with E-state index in [1.54, 1.807) is 0 Å². The molecule has 6 aromatic rings. The highest BCUT2D eigenvalue weighted by Crippen LogP contribution is 2.41. The second-order valence-corrected chi connectivity index (χ2v) is 12.1. The number of rotatable bonds is 7. The molecule has 0 heterocycles. The molecule has 0 bridgehead atoms. The molecule has 0 spiro atoms. The van der Waals surface area contributed by atoms with E-state index in [2.05, 4.69) is 192 Å². The van der Waals surface area contributed by atoms with E-state index in [0.29, 0.717) is 5.92 Å². The molecular formula is C44H36N2. The zero-order chi connectivity index (χ0) is 30.7. The Bertz CT molecular complexity index is 2030. The number of allylic oxidation sites excluding steroid dienone is 4. The molecule has 2 nitrogen and oxygen atoms in total. The van der Waals surface area contributed by atoms with Crippen molar-refractivity contribution in [2.45, 2.75) is 18.9 Å². The van der Waals surface area contributed by atoms with Gasteiger partial charge in [0.2, 0.25) is 0 Å². The highest BCUT2D eigenvalue weighted by atomic mass is 15.2. The predicted molar refractivity (Wildman–Crippen MR) is 196 cm³/mol. The molecule has 0 amide bonds. The molecule has 0 saturated heterocycles. The van der Waals surface area contributed by atoms with Gasteiger partial charge in [0.15, 0.2) is 0 Å². The van der Waals surface area contributed by atoms with Crippen LogP contribution in [-0.2, 0) is 0 Å². The minimum atomic E-state index is 0.274. The van der Waals surface area contributed by atoms with Gasteiger partial charge in [0.1, 0.15) is 0 Å². The Kier molecular flexibility index (Phi) is 7.54. The van der Waals surface area contributed by atoms with Gasteiger partial charge in [-0.3, -0.25) is 0 Å². The van der Waals surface area contributed by atoms with Gasteiger partial charge in [-0.1, -0.05) is 127 Å². The predicted octanol–water partition coefficient (Wildman–Crippen LogP) is 11.9. The molecule has 0 radical (unpaired) electrons. The number of anilines is 5. The molecule has 0 fully saturated rings. The summed E-state index contributed by atoms with van der Waals surface area (Å²) < 4.78 is 0. The molecule has 0 aliphatic heterocycles. The fourth-order valence-electron chi connectivity index (χ4n) is 7.12. The number of para-hydroxylation sites is 2. The fourth-order valence-corrected chi connectivity index (χ4v) is 7.12. The topological polar surface area (TPSA) is 6.48 Å². The van der Waals surface area contributed by atoms with Crippen LogP contribution in [0.3, 0.4) is 0 Å². The molecule has 46 heavy (non-hydrogen) atoms. The van der Waals surface area contributed by atoms with Gasteiger partial charge in [0.25, 0.3) is 0 Å². The lowest BCUT2D eigenvalue weighted by Gasteiger charge is -2.40. The SMILES string of the molecule is C1=CC(N(c2ccccc2)c2ccc(-c3ccc(N(c4ccccc4)c4cccc5ccccc45)cc3)cc2)C2CCC=CC2=C1. The van der Waals surface area contributed by atoms with Crippen molar-refractivity contribution in [2.24, 2.45) is 5.92 Å². The summed E-state index contributed by atoms with van der Waals surface area (Å²) in [4.78, 5) is 4.87. The molecule has 0 aromatic heterocycles. The quantitative estimate of drug-likeness (QED) is 0.182. The summed E-state index contributed by atoms with van der Waals surface area (Å²) in [6, 6.07) is 55.0. The second kappa shape index (κ2) is 12.4. The Morgan fingerprint density at radius 3 is 1.85 bits per heavy atom. The maximum Gasteiger partial charge on any atom is 0.0594 e. The second-order valence-electron chi connectivity index (χ2n) is 12.1. The van der Waals surface area contributed by atoms with Crippen LogP contribution < -0.4 is 9.80 Å². The van der Waals surface area contributed by atoms with E-state index >= 15 is 0 Å². The van der Waals surface area contributed by atoms with Crippen molar-refractivity contribution in [2.75, 3.05) is 9.80 Å². The van der Waals surface area contributed by atoms with Crippen molar-refractivity contribution in [3.05, 3.63) is 188 Å². The number of hydrogen-bond donors (Lipinski definition) is 0. The van der Waals surface area contributed by atoms with Crippen LogP contribution in [0, 0.1) is 5.92 Å². The summed E-state index contributed by atoms with van der Waals surface area (Å²) in [5.41, 5.74) is 9.72. The number of fused-ring (bicyclic) bond motifs is 2. The highest BCUT2D eigenvalue weighted by Gasteiger charge is 2.31.